The Bertz CT molecular complexity index is 605. The second-order valence-electron chi connectivity index (χ2n) is 7.29. The first-order valence-corrected chi connectivity index (χ1v) is 8.39. The highest BCUT2D eigenvalue weighted by Crippen LogP contribution is 2.32. The van der Waals surface area contributed by atoms with Crippen molar-refractivity contribution in [1.29, 1.82) is 0 Å². The first-order chi connectivity index (χ1) is 11.6. The van der Waals surface area contributed by atoms with E-state index in [0.717, 1.165) is 5.57 Å². The van der Waals surface area contributed by atoms with E-state index in [1.165, 1.54) is 12.0 Å². The van der Waals surface area contributed by atoms with Crippen LogP contribution in [0.25, 0.3) is 0 Å². The number of nitrogens with zero attached hydrogens (tertiary/aromatic N) is 1. The maximum absolute atomic E-state index is 13.0. The summed E-state index contributed by atoms with van der Waals surface area (Å²) in [7, 11) is 1.30. The van der Waals surface area contributed by atoms with Crippen LogP contribution in [0.1, 0.15) is 40.0 Å². The van der Waals surface area contributed by atoms with Crippen molar-refractivity contribution in [3.8, 4) is 0 Å². The molecule has 0 bridgehead atoms. The van der Waals surface area contributed by atoms with Crippen LogP contribution < -0.4 is 5.32 Å². The van der Waals surface area contributed by atoms with Crippen LogP contribution in [0.3, 0.4) is 0 Å². The fourth-order valence-corrected chi connectivity index (χ4v) is 3.17. The van der Waals surface area contributed by atoms with Crippen molar-refractivity contribution >= 4 is 18.0 Å². The van der Waals surface area contributed by atoms with E-state index < -0.39 is 29.7 Å². The summed E-state index contributed by atoms with van der Waals surface area (Å²) in [4.78, 5) is 38.7. The third kappa shape index (κ3) is 4.41. The van der Waals surface area contributed by atoms with E-state index >= 15 is 0 Å². The Labute approximate surface area is 148 Å². The number of esters is 1. The summed E-state index contributed by atoms with van der Waals surface area (Å²) in [6.07, 6.45) is 4.43. The minimum Gasteiger partial charge on any atom is -0.467 e. The number of carbonyl (C=O) groups excluding carboxylic acids is 3. The molecule has 1 N–H and O–H groups in total. The van der Waals surface area contributed by atoms with E-state index in [-0.39, 0.29) is 11.9 Å². The van der Waals surface area contributed by atoms with Crippen LogP contribution in [0, 0.1) is 0 Å². The largest absolute Gasteiger partial charge is 0.467 e. The third-order valence-electron chi connectivity index (χ3n) is 4.23. The van der Waals surface area contributed by atoms with Gasteiger partial charge in [-0.15, -0.1) is 0 Å². The van der Waals surface area contributed by atoms with E-state index in [4.69, 9.17) is 9.47 Å². The van der Waals surface area contributed by atoms with E-state index in [2.05, 4.69) is 11.9 Å². The second-order valence-corrected chi connectivity index (χ2v) is 7.29. The lowest BCUT2D eigenvalue weighted by Gasteiger charge is -2.34. The number of amides is 2. The van der Waals surface area contributed by atoms with Crippen LogP contribution >= 0.6 is 0 Å². The summed E-state index contributed by atoms with van der Waals surface area (Å²) in [5, 5.41) is 2.61. The van der Waals surface area contributed by atoms with Gasteiger partial charge in [-0.25, -0.2) is 9.59 Å². The molecule has 0 aliphatic carbocycles. The highest BCUT2D eigenvalue weighted by atomic mass is 16.6. The molecule has 0 saturated carbocycles. The van der Waals surface area contributed by atoms with E-state index in [1.807, 2.05) is 12.2 Å². The Balaban J connectivity index is 2.23. The maximum atomic E-state index is 13.0. The average Bonchev–Trinajstić information content (AvgIpc) is 2.94. The van der Waals surface area contributed by atoms with Gasteiger partial charge in [0.15, 0.2) is 0 Å². The molecule has 2 aliphatic heterocycles. The van der Waals surface area contributed by atoms with Gasteiger partial charge < -0.3 is 19.7 Å². The molecular formula is C18H26N2O5. The van der Waals surface area contributed by atoms with Gasteiger partial charge in [-0.2, -0.15) is 0 Å². The molecule has 25 heavy (non-hydrogen) atoms. The smallest absolute Gasteiger partial charge is 0.408 e. The standard InChI is InChI=1S/C18H26N2O5/c1-11-7-6-8-12(19-17(23)25-18(2,3)4)15(21)20-13(11)9-10-14(20)16(22)24-5/h6-7,12-14H,1,8-10H2,2-5H3,(H,19,23)/b7-6-/t12-,13+,14-/m0/s1. The Morgan fingerprint density at radius 3 is 2.60 bits per heavy atom. The average molecular weight is 350 g/mol. The van der Waals surface area contributed by atoms with Crippen molar-refractivity contribution in [2.45, 2.75) is 63.8 Å². The van der Waals surface area contributed by atoms with Crippen LogP contribution in [0.15, 0.2) is 24.3 Å². The van der Waals surface area contributed by atoms with Gasteiger partial charge in [0, 0.05) is 0 Å². The molecule has 0 aromatic heterocycles. The summed E-state index contributed by atoms with van der Waals surface area (Å²) in [5.41, 5.74) is 0.110. The summed E-state index contributed by atoms with van der Waals surface area (Å²) in [6, 6.07) is -1.73. The van der Waals surface area contributed by atoms with Gasteiger partial charge in [-0.1, -0.05) is 18.7 Å². The van der Waals surface area contributed by atoms with Crippen molar-refractivity contribution in [1.82, 2.24) is 10.2 Å². The topological polar surface area (TPSA) is 84.9 Å². The normalized spacial score (nSPS) is 27.8. The molecular weight excluding hydrogens is 324 g/mol. The molecule has 0 unspecified atom stereocenters. The van der Waals surface area contributed by atoms with Crippen molar-refractivity contribution in [3.05, 3.63) is 24.3 Å². The quantitative estimate of drug-likeness (QED) is 0.769. The van der Waals surface area contributed by atoms with Gasteiger partial charge in [0.05, 0.1) is 13.2 Å². The lowest BCUT2D eigenvalue weighted by atomic mass is 10.0. The molecule has 2 aliphatic rings. The number of hydrogen-bond donors (Lipinski definition) is 1. The zero-order chi connectivity index (χ0) is 18.8. The van der Waals surface area contributed by atoms with Crippen molar-refractivity contribution in [3.63, 3.8) is 0 Å². The lowest BCUT2D eigenvalue weighted by Crippen LogP contribution is -2.55. The molecule has 1 saturated heterocycles. The molecule has 2 heterocycles. The number of ether oxygens (including phenoxy) is 2. The Hall–Kier alpha value is -2.31. The molecule has 7 heteroatoms. The summed E-state index contributed by atoms with van der Waals surface area (Å²) in [5.74, 6) is -0.779. The zero-order valence-electron chi connectivity index (χ0n) is 15.2. The van der Waals surface area contributed by atoms with Crippen LogP contribution in [-0.4, -0.2) is 53.7 Å². The first kappa shape index (κ1) is 19.0. The molecule has 1 fully saturated rings. The molecule has 0 radical (unpaired) electrons. The fraction of sp³-hybridized carbons (Fsp3) is 0.611. The van der Waals surface area contributed by atoms with Gasteiger partial charge >= 0.3 is 12.1 Å². The molecule has 0 aromatic rings. The summed E-state index contributed by atoms with van der Waals surface area (Å²) >= 11 is 0. The summed E-state index contributed by atoms with van der Waals surface area (Å²) < 4.78 is 10.1. The van der Waals surface area contributed by atoms with E-state index in [0.29, 0.717) is 19.3 Å². The van der Waals surface area contributed by atoms with Crippen LogP contribution in [0.5, 0.6) is 0 Å². The summed E-state index contributed by atoms with van der Waals surface area (Å²) in [6.45, 7) is 9.25. The molecule has 3 atom stereocenters. The monoisotopic (exact) mass is 350 g/mol. The predicted molar refractivity (Wildman–Crippen MR) is 91.7 cm³/mol. The molecule has 0 spiro atoms. The van der Waals surface area contributed by atoms with Gasteiger partial charge in [-0.05, 0) is 45.6 Å². The third-order valence-corrected chi connectivity index (χ3v) is 4.23. The molecule has 7 nitrogen and oxygen atoms in total. The Morgan fingerprint density at radius 2 is 2.00 bits per heavy atom. The van der Waals surface area contributed by atoms with Crippen molar-refractivity contribution in [2.24, 2.45) is 0 Å². The first-order valence-electron chi connectivity index (χ1n) is 8.39. The molecule has 138 valence electrons. The zero-order valence-corrected chi connectivity index (χ0v) is 15.2. The van der Waals surface area contributed by atoms with Gasteiger partial charge in [-0.3, -0.25) is 4.79 Å². The van der Waals surface area contributed by atoms with Gasteiger partial charge in [0.25, 0.3) is 0 Å². The number of rotatable bonds is 2. The number of hydrogen-bond acceptors (Lipinski definition) is 5. The minimum absolute atomic E-state index is 0.268. The number of nitrogens with one attached hydrogen (secondary N) is 1. The van der Waals surface area contributed by atoms with Crippen molar-refractivity contribution < 1.29 is 23.9 Å². The molecule has 2 rings (SSSR count). The van der Waals surface area contributed by atoms with Gasteiger partial charge in [0.1, 0.15) is 17.7 Å². The highest BCUT2D eigenvalue weighted by Gasteiger charge is 2.45. The van der Waals surface area contributed by atoms with Crippen LogP contribution in [-0.2, 0) is 19.1 Å². The van der Waals surface area contributed by atoms with E-state index in [9.17, 15) is 14.4 Å². The Kier molecular flexibility index (Phi) is 5.55. The van der Waals surface area contributed by atoms with Gasteiger partial charge in [0.2, 0.25) is 5.91 Å². The highest BCUT2D eigenvalue weighted by molar-refractivity contribution is 5.91. The SMILES string of the molecule is C=C1/C=C\C[C@H](NC(=O)OC(C)(C)C)C(=O)N2[C@@H]1CC[C@H]2C(=O)OC. The predicted octanol–water partition coefficient (Wildman–Crippen LogP) is 1.93. The molecule has 2 amide bonds. The lowest BCUT2D eigenvalue weighted by molar-refractivity contribution is -0.152. The van der Waals surface area contributed by atoms with Crippen LogP contribution in [0.2, 0.25) is 0 Å². The molecule has 0 aromatic carbocycles. The number of alkyl carbamates (subject to hydrolysis) is 1. The Morgan fingerprint density at radius 1 is 1.32 bits per heavy atom. The van der Waals surface area contributed by atoms with E-state index in [1.54, 1.807) is 20.8 Å². The van der Waals surface area contributed by atoms with Crippen LogP contribution in [0.4, 0.5) is 4.79 Å². The maximum Gasteiger partial charge on any atom is 0.408 e. The minimum atomic E-state index is -0.799. The second kappa shape index (κ2) is 7.29. The number of methoxy groups -OCH3 is 1. The number of carbonyl (C=O) groups is 3. The number of fused-ring (bicyclic) bond motifs is 1. The van der Waals surface area contributed by atoms with Crippen molar-refractivity contribution in [2.75, 3.05) is 7.11 Å². The fourth-order valence-electron chi connectivity index (χ4n) is 3.17.